The van der Waals surface area contributed by atoms with Crippen LogP contribution in [-0.4, -0.2) is 42.2 Å². The molecular formula is C27H48N2O. The Kier molecular flexibility index (Phi) is 13.8. The smallest absolute Gasteiger partial charge is 0.0678 e. The zero-order valence-electron chi connectivity index (χ0n) is 20.8. The van der Waals surface area contributed by atoms with Crippen molar-refractivity contribution in [2.45, 2.75) is 105 Å². The third-order valence-electron chi connectivity index (χ3n) is 5.83. The van der Waals surface area contributed by atoms with E-state index in [1.807, 2.05) is 13.8 Å². The molecule has 3 heteroatoms. The number of aromatic nitrogens is 1. The van der Waals surface area contributed by atoms with Gasteiger partial charge in [0.05, 0.1) is 12.2 Å². The van der Waals surface area contributed by atoms with Crippen LogP contribution in [0.2, 0.25) is 0 Å². The van der Waals surface area contributed by atoms with Gasteiger partial charge in [-0.1, -0.05) is 64.7 Å². The van der Waals surface area contributed by atoms with Gasteiger partial charge < -0.3 is 14.6 Å². The minimum absolute atomic E-state index is 0.416. The molecule has 0 aromatic carbocycles. The van der Waals surface area contributed by atoms with Crippen molar-refractivity contribution in [3.63, 3.8) is 0 Å². The molecule has 0 bridgehead atoms. The number of H-pyrrole nitrogens is 1. The van der Waals surface area contributed by atoms with Gasteiger partial charge in [-0.15, -0.1) is 0 Å². The molecule has 1 aromatic rings. The number of morpholine rings is 1. The molecule has 1 saturated carbocycles. The minimum atomic E-state index is 0.416. The van der Waals surface area contributed by atoms with Crippen molar-refractivity contribution < 1.29 is 4.74 Å². The zero-order chi connectivity index (χ0) is 22.4. The quantitative estimate of drug-likeness (QED) is 0.503. The highest BCUT2D eigenvalue weighted by Crippen LogP contribution is 2.35. The summed E-state index contributed by atoms with van der Waals surface area (Å²) in [5.74, 6) is 0.794. The molecule has 30 heavy (non-hydrogen) atoms. The molecule has 2 fully saturated rings. The van der Waals surface area contributed by atoms with E-state index in [0.29, 0.717) is 12.2 Å². The molecule has 172 valence electrons. The van der Waals surface area contributed by atoms with Crippen LogP contribution in [0.5, 0.6) is 0 Å². The van der Waals surface area contributed by atoms with E-state index in [1.54, 1.807) is 5.56 Å². The van der Waals surface area contributed by atoms with Gasteiger partial charge in [0.1, 0.15) is 0 Å². The van der Waals surface area contributed by atoms with Crippen LogP contribution in [0.3, 0.4) is 0 Å². The van der Waals surface area contributed by atoms with Gasteiger partial charge in [0.15, 0.2) is 0 Å². The van der Waals surface area contributed by atoms with Gasteiger partial charge in [-0.25, -0.2) is 0 Å². The van der Waals surface area contributed by atoms with Crippen molar-refractivity contribution in [3.05, 3.63) is 41.2 Å². The van der Waals surface area contributed by atoms with Crippen molar-refractivity contribution in [1.82, 2.24) is 9.88 Å². The molecule has 2 atom stereocenters. The van der Waals surface area contributed by atoms with Crippen LogP contribution in [-0.2, 0) is 4.74 Å². The van der Waals surface area contributed by atoms with Crippen molar-refractivity contribution >= 4 is 6.08 Å². The Balaban J connectivity index is 0.000000342. The first-order valence-electron chi connectivity index (χ1n) is 12.4. The van der Waals surface area contributed by atoms with E-state index >= 15 is 0 Å². The van der Waals surface area contributed by atoms with Gasteiger partial charge >= 0.3 is 0 Å². The second kappa shape index (κ2) is 15.5. The van der Waals surface area contributed by atoms with Crippen molar-refractivity contribution in [2.75, 3.05) is 20.1 Å². The summed E-state index contributed by atoms with van der Waals surface area (Å²) in [6, 6.07) is 0. The van der Waals surface area contributed by atoms with E-state index in [0.717, 1.165) is 19.0 Å². The normalized spacial score (nSPS) is 23.2. The van der Waals surface area contributed by atoms with Crippen LogP contribution in [0.4, 0.5) is 0 Å². The maximum atomic E-state index is 5.51. The summed E-state index contributed by atoms with van der Waals surface area (Å²) in [6.07, 6.45) is 21.2. The van der Waals surface area contributed by atoms with E-state index in [-0.39, 0.29) is 0 Å². The number of nitrogens with zero attached hydrogens (tertiary/aromatic N) is 1. The highest BCUT2D eigenvalue weighted by Gasteiger charge is 2.19. The highest BCUT2D eigenvalue weighted by atomic mass is 16.5. The van der Waals surface area contributed by atoms with Crippen LogP contribution in [0, 0.1) is 6.92 Å². The predicted octanol–water partition coefficient (Wildman–Crippen LogP) is 7.49. The summed E-state index contributed by atoms with van der Waals surface area (Å²) < 4.78 is 5.51. The first-order chi connectivity index (χ1) is 14.5. The third kappa shape index (κ3) is 9.66. The maximum Gasteiger partial charge on any atom is 0.0678 e. The van der Waals surface area contributed by atoms with Crippen LogP contribution in [0.1, 0.15) is 102 Å². The van der Waals surface area contributed by atoms with Crippen LogP contribution in [0.25, 0.3) is 6.08 Å². The molecule has 1 aliphatic carbocycles. The van der Waals surface area contributed by atoms with E-state index in [2.05, 4.69) is 75.1 Å². The Hall–Kier alpha value is -1.32. The number of hydrogen-bond donors (Lipinski definition) is 1. The highest BCUT2D eigenvalue weighted by molar-refractivity contribution is 5.54. The van der Waals surface area contributed by atoms with E-state index in [1.165, 1.54) is 56.2 Å². The molecule has 3 rings (SSSR count). The molecule has 1 saturated heterocycles. The van der Waals surface area contributed by atoms with E-state index in [4.69, 9.17) is 4.74 Å². The lowest BCUT2D eigenvalue weighted by atomic mass is 9.83. The fourth-order valence-corrected chi connectivity index (χ4v) is 4.47. The lowest BCUT2D eigenvalue weighted by molar-refractivity contribution is -0.0602. The molecule has 1 aliphatic heterocycles. The van der Waals surface area contributed by atoms with Gasteiger partial charge in [0.2, 0.25) is 0 Å². The average Bonchev–Trinajstić information content (AvgIpc) is 3.10. The number of allylic oxidation sites excluding steroid dienone is 3. The molecule has 1 aromatic heterocycles. The standard InChI is InChI=1S/C18H27N.C7H15NO.C2H6/c1-3-4-5-6-10-13-18-15(2)17(14-19-18)16-11-8-7-9-12-16;1-6-4-8(3)5-7(2)9-6;1-2/h5-6,10,13-14,16,19H,3-4,7-9,11-12H2,1-2H3;6-7H,4-5H2,1-3H3;1-2H3/b6-5+,13-10-;;. The number of unbranched alkanes of at least 4 members (excludes halogenated alkanes) is 1. The SMILES string of the molecule is CC.CC1CN(C)CC(C)O1.CCC/C=C/C=C\c1[nH]cc(C2CCCCC2)c1C. The molecule has 2 unspecified atom stereocenters. The lowest BCUT2D eigenvalue weighted by Gasteiger charge is -2.32. The maximum absolute atomic E-state index is 5.51. The molecule has 0 spiro atoms. The monoisotopic (exact) mass is 416 g/mol. The summed E-state index contributed by atoms with van der Waals surface area (Å²) in [5.41, 5.74) is 4.28. The van der Waals surface area contributed by atoms with Gasteiger partial charge in [-0.3, -0.25) is 0 Å². The summed E-state index contributed by atoms with van der Waals surface area (Å²) in [5, 5.41) is 0. The van der Waals surface area contributed by atoms with Gasteiger partial charge in [-0.05, 0) is 70.2 Å². The van der Waals surface area contributed by atoms with Gasteiger partial charge in [0, 0.05) is 25.0 Å². The van der Waals surface area contributed by atoms with Gasteiger partial charge in [-0.2, -0.15) is 0 Å². The summed E-state index contributed by atoms with van der Waals surface area (Å²) >= 11 is 0. The Morgan fingerprint density at radius 2 is 1.70 bits per heavy atom. The van der Waals surface area contributed by atoms with E-state index in [9.17, 15) is 0 Å². The predicted molar refractivity (Wildman–Crippen MR) is 133 cm³/mol. The Bertz CT molecular complexity index is 585. The van der Waals surface area contributed by atoms with Gasteiger partial charge in [0.25, 0.3) is 0 Å². The number of nitrogens with one attached hydrogen (secondary N) is 1. The molecule has 0 radical (unpaired) electrons. The Morgan fingerprint density at radius 3 is 2.27 bits per heavy atom. The number of hydrogen-bond acceptors (Lipinski definition) is 2. The largest absolute Gasteiger partial charge is 0.373 e. The summed E-state index contributed by atoms with van der Waals surface area (Å²) in [6.45, 7) is 14.8. The van der Waals surface area contributed by atoms with Crippen LogP contribution < -0.4 is 0 Å². The first-order valence-corrected chi connectivity index (χ1v) is 12.4. The fourth-order valence-electron chi connectivity index (χ4n) is 4.47. The fraction of sp³-hybridized carbons (Fsp3) is 0.704. The van der Waals surface area contributed by atoms with Crippen molar-refractivity contribution in [3.8, 4) is 0 Å². The third-order valence-corrected chi connectivity index (χ3v) is 5.83. The second-order valence-electron chi connectivity index (χ2n) is 8.67. The number of rotatable bonds is 5. The summed E-state index contributed by atoms with van der Waals surface area (Å²) in [4.78, 5) is 5.75. The van der Waals surface area contributed by atoms with Crippen molar-refractivity contribution in [1.29, 1.82) is 0 Å². The first kappa shape index (κ1) is 26.7. The Morgan fingerprint density at radius 1 is 1.07 bits per heavy atom. The number of ether oxygens (including phenoxy) is 1. The minimum Gasteiger partial charge on any atom is -0.373 e. The van der Waals surface area contributed by atoms with E-state index < -0.39 is 0 Å². The molecular weight excluding hydrogens is 368 g/mol. The van der Waals surface area contributed by atoms with Crippen LogP contribution in [0.15, 0.2) is 24.4 Å². The molecule has 3 nitrogen and oxygen atoms in total. The summed E-state index contributed by atoms with van der Waals surface area (Å²) in [7, 11) is 2.13. The Labute approximate surface area is 187 Å². The molecule has 2 aliphatic rings. The number of likely N-dealkylation sites (N-methyl/N-ethyl adjacent to an activating group) is 1. The topological polar surface area (TPSA) is 28.3 Å². The molecule has 0 amide bonds. The van der Waals surface area contributed by atoms with Crippen LogP contribution >= 0.6 is 0 Å². The average molecular weight is 417 g/mol. The second-order valence-corrected chi connectivity index (χ2v) is 8.67. The zero-order valence-corrected chi connectivity index (χ0v) is 20.8. The lowest BCUT2D eigenvalue weighted by Crippen LogP contribution is -2.42. The molecule has 1 N–H and O–H groups in total. The number of aromatic amines is 1. The van der Waals surface area contributed by atoms with Crippen molar-refractivity contribution in [2.24, 2.45) is 0 Å². The molecule has 2 heterocycles.